The Labute approximate surface area is 104 Å². The van der Waals surface area contributed by atoms with Crippen molar-refractivity contribution in [3.63, 3.8) is 0 Å². The summed E-state index contributed by atoms with van der Waals surface area (Å²) in [6.45, 7) is 3.27. The average molecular weight is 249 g/mol. The summed E-state index contributed by atoms with van der Waals surface area (Å²) in [7, 11) is 0. The fraction of sp³-hybridized carbons (Fsp3) is 0. The molecule has 0 aliphatic carbocycles. The highest BCUT2D eigenvalue weighted by atomic mass is 32.1. The van der Waals surface area contributed by atoms with E-state index in [-0.39, 0.29) is 11.0 Å². The molecule has 88 valence electrons. The molecule has 0 aromatic heterocycles. The summed E-state index contributed by atoms with van der Waals surface area (Å²) in [4.78, 5) is 22.4. The van der Waals surface area contributed by atoms with Crippen LogP contribution < -0.4 is 16.2 Å². The highest BCUT2D eigenvalue weighted by Crippen LogP contribution is 1.96. The zero-order valence-electron chi connectivity index (χ0n) is 8.90. The summed E-state index contributed by atoms with van der Waals surface area (Å²) in [6, 6.07) is 8.60. The van der Waals surface area contributed by atoms with E-state index in [4.69, 9.17) is 12.2 Å². The first-order chi connectivity index (χ1) is 8.13. The van der Waals surface area contributed by atoms with Crippen molar-refractivity contribution in [2.75, 3.05) is 0 Å². The van der Waals surface area contributed by atoms with E-state index in [0.29, 0.717) is 5.56 Å². The Morgan fingerprint density at radius 1 is 1.18 bits per heavy atom. The molecule has 0 radical (unpaired) electrons. The van der Waals surface area contributed by atoms with Crippen molar-refractivity contribution in [3.05, 3.63) is 48.6 Å². The smallest absolute Gasteiger partial charge is 0.269 e. The van der Waals surface area contributed by atoms with Crippen molar-refractivity contribution in [1.82, 2.24) is 16.2 Å². The molecular weight excluding hydrogens is 238 g/mol. The van der Waals surface area contributed by atoms with E-state index in [2.05, 4.69) is 22.7 Å². The minimum atomic E-state index is -0.448. The van der Waals surface area contributed by atoms with Crippen LogP contribution in [0.5, 0.6) is 0 Å². The SMILES string of the molecule is C=CC(=O)NC(=S)NNC(=O)c1ccccc1. The second-order valence-electron chi connectivity index (χ2n) is 2.97. The van der Waals surface area contributed by atoms with Gasteiger partial charge in [0.05, 0.1) is 0 Å². The summed E-state index contributed by atoms with van der Waals surface area (Å²) in [6.07, 6.45) is 1.08. The van der Waals surface area contributed by atoms with Gasteiger partial charge in [0.1, 0.15) is 0 Å². The largest absolute Gasteiger partial charge is 0.298 e. The summed E-state index contributed by atoms with van der Waals surface area (Å²) in [5.41, 5.74) is 5.23. The number of benzene rings is 1. The Hall–Kier alpha value is -2.21. The van der Waals surface area contributed by atoms with E-state index in [1.54, 1.807) is 30.3 Å². The summed E-state index contributed by atoms with van der Waals surface area (Å²) in [5, 5.41) is 2.28. The van der Waals surface area contributed by atoms with Crippen LogP contribution in [0, 0.1) is 0 Å². The fourth-order valence-electron chi connectivity index (χ4n) is 0.969. The van der Waals surface area contributed by atoms with Gasteiger partial charge in [-0.15, -0.1) is 0 Å². The second-order valence-corrected chi connectivity index (χ2v) is 3.38. The average Bonchev–Trinajstić information content (AvgIpc) is 2.36. The van der Waals surface area contributed by atoms with Gasteiger partial charge in [0, 0.05) is 5.56 Å². The van der Waals surface area contributed by atoms with Gasteiger partial charge in [-0.1, -0.05) is 24.8 Å². The predicted molar refractivity (Wildman–Crippen MR) is 68.0 cm³/mol. The number of hydrogen-bond donors (Lipinski definition) is 3. The van der Waals surface area contributed by atoms with Crippen molar-refractivity contribution in [2.24, 2.45) is 0 Å². The van der Waals surface area contributed by atoms with Crippen LogP contribution in [-0.4, -0.2) is 16.9 Å². The molecule has 1 aromatic rings. The third-order valence-corrected chi connectivity index (χ3v) is 1.95. The van der Waals surface area contributed by atoms with E-state index in [0.717, 1.165) is 6.08 Å². The molecule has 2 amide bonds. The zero-order valence-corrected chi connectivity index (χ0v) is 9.71. The molecule has 0 spiro atoms. The molecule has 0 aliphatic heterocycles. The Kier molecular flexibility index (Phi) is 4.83. The molecule has 0 saturated carbocycles. The van der Waals surface area contributed by atoms with Gasteiger partial charge in [-0.05, 0) is 30.4 Å². The molecule has 0 aliphatic rings. The maximum absolute atomic E-state index is 11.5. The molecule has 0 unspecified atom stereocenters. The number of carbonyl (C=O) groups excluding carboxylic acids is 2. The number of rotatable bonds is 2. The molecule has 0 heterocycles. The van der Waals surface area contributed by atoms with E-state index in [1.807, 2.05) is 0 Å². The third-order valence-electron chi connectivity index (χ3n) is 1.75. The molecular formula is C11H11N3O2S. The van der Waals surface area contributed by atoms with Gasteiger partial charge < -0.3 is 0 Å². The molecule has 6 heteroatoms. The van der Waals surface area contributed by atoms with Crippen molar-refractivity contribution >= 4 is 29.1 Å². The van der Waals surface area contributed by atoms with Crippen LogP contribution in [0.25, 0.3) is 0 Å². The molecule has 0 saturated heterocycles. The van der Waals surface area contributed by atoms with E-state index in [1.165, 1.54) is 0 Å². The van der Waals surface area contributed by atoms with Crippen LogP contribution in [-0.2, 0) is 4.79 Å². The Balaban J connectivity index is 2.41. The molecule has 17 heavy (non-hydrogen) atoms. The number of thiocarbonyl (C=S) groups is 1. The fourth-order valence-corrected chi connectivity index (χ4v) is 1.12. The Morgan fingerprint density at radius 2 is 1.82 bits per heavy atom. The van der Waals surface area contributed by atoms with Gasteiger partial charge >= 0.3 is 0 Å². The second kappa shape index (κ2) is 6.39. The predicted octanol–water partition coefficient (Wildman–Crippen LogP) is 0.508. The standard InChI is InChI=1S/C11H11N3O2S/c1-2-9(15)12-11(17)14-13-10(16)8-6-4-3-5-7-8/h2-7H,1H2,(H,13,16)(H2,12,14,15,17). The van der Waals surface area contributed by atoms with Crippen LogP contribution in [0.2, 0.25) is 0 Å². The monoisotopic (exact) mass is 249 g/mol. The van der Waals surface area contributed by atoms with Gasteiger partial charge in [-0.3, -0.25) is 25.8 Å². The third kappa shape index (κ3) is 4.43. The van der Waals surface area contributed by atoms with E-state index < -0.39 is 5.91 Å². The molecule has 1 aromatic carbocycles. The number of hydrogen-bond acceptors (Lipinski definition) is 3. The number of hydrazine groups is 1. The zero-order chi connectivity index (χ0) is 12.7. The first-order valence-corrected chi connectivity index (χ1v) is 5.13. The lowest BCUT2D eigenvalue weighted by atomic mass is 10.2. The topological polar surface area (TPSA) is 70.2 Å². The van der Waals surface area contributed by atoms with E-state index >= 15 is 0 Å². The molecule has 0 fully saturated rings. The van der Waals surface area contributed by atoms with Crippen LogP contribution in [0.1, 0.15) is 10.4 Å². The first-order valence-electron chi connectivity index (χ1n) is 4.72. The molecule has 1 rings (SSSR count). The molecule has 0 atom stereocenters. The van der Waals surface area contributed by atoms with Crippen molar-refractivity contribution in [3.8, 4) is 0 Å². The van der Waals surface area contributed by atoms with Gasteiger partial charge in [-0.25, -0.2) is 0 Å². The summed E-state index contributed by atoms with van der Waals surface area (Å²) in [5.74, 6) is -0.794. The van der Waals surface area contributed by atoms with Crippen LogP contribution >= 0.6 is 12.2 Å². The molecule has 0 bridgehead atoms. The number of carbonyl (C=O) groups is 2. The first kappa shape index (κ1) is 12.9. The highest BCUT2D eigenvalue weighted by Gasteiger charge is 2.05. The Morgan fingerprint density at radius 3 is 2.41 bits per heavy atom. The normalized spacial score (nSPS) is 8.94. The summed E-state index contributed by atoms with van der Waals surface area (Å²) < 4.78 is 0. The van der Waals surface area contributed by atoms with Gasteiger partial charge in [0.25, 0.3) is 5.91 Å². The van der Waals surface area contributed by atoms with Gasteiger partial charge in [0.15, 0.2) is 5.11 Å². The van der Waals surface area contributed by atoms with Crippen molar-refractivity contribution in [1.29, 1.82) is 0 Å². The minimum Gasteiger partial charge on any atom is -0.298 e. The lowest BCUT2D eigenvalue weighted by Crippen LogP contribution is -2.48. The highest BCUT2D eigenvalue weighted by molar-refractivity contribution is 7.80. The molecule has 5 nitrogen and oxygen atoms in total. The minimum absolute atomic E-state index is 0.000758. The summed E-state index contributed by atoms with van der Waals surface area (Å²) >= 11 is 4.76. The van der Waals surface area contributed by atoms with Crippen LogP contribution in [0.4, 0.5) is 0 Å². The van der Waals surface area contributed by atoms with Crippen LogP contribution in [0.3, 0.4) is 0 Å². The van der Waals surface area contributed by atoms with Gasteiger partial charge in [0.2, 0.25) is 5.91 Å². The maximum Gasteiger partial charge on any atom is 0.269 e. The lowest BCUT2D eigenvalue weighted by molar-refractivity contribution is -0.115. The number of amides is 2. The van der Waals surface area contributed by atoms with Gasteiger partial charge in [-0.2, -0.15) is 0 Å². The molecule has 3 N–H and O–H groups in total. The number of nitrogens with one attached hydrogen (secondary N) is 3. The quantitative estimate of drug-likeness (QED) is 0.406. The maximum atomic E-state index is 11.5. The lowest BCUT2D eigenvalue weighted by Gasteiger charge is -2.09. The van der Waals surface area contributed by atoms with Crippen molar-refractivity contribution < 1.29 is 9.59 Å². The van der Waals surface area contributed by atoms with Crippen LogP contribution in [0.15, 0.2) is 43.0 Å². The Bertz CT molecular complexity index is 445. The van der Waals surface area contributed by atoms with Crippen molar-refractivity contribution in [2.45, 2.75) is 0 Å². The van der Waals surface area contributed by atoms with E-state index in [9.17, 15) is 9.59 Å².